The van der Waals surface area contributed by atoms with Crippen molar-refractivity contribution in [2.45, 2.75) is 19.8 Å². The second-order valence-corrected chi connectivity index (χ2v) is 5.16. The summed E-state index contributed by atoms with van der Waals surface area (Å²) in [4.78, 5) is 10.7. The zero-order valence-corrected chi connectivity index (χ0v) is 11.8. The van der Waals surface area contributed by atoms with Crippen LogP contribution in [0.5, 0.6) is 17.2 Å². The highest BCUT2D eigenvalue weighted by Gasteiger charge is 2.16. The molecule has 1 N–H and O–H groups in total. The predicted octanol–water partition coefficient (Wildman–Crippen LogP) is 3.03. The minimum atomic E-state index is 0.0318. The molecule has 21 heavy (non-hydrogen) atoms. The number of hydrogen-bond acceptors (Lipinski definition) is 4. The summed E-state index contributed by atoms with van der Waals surface area (Å²) in [6.45, 7) is 2.28. The van der Waals surface area contributed by atoms with E-state index < -0.39 is 0 Å². The largest absolute Gasteiger partial charge is 0.507 e. The van der Waals surface area contributed by atoms with Crippen molar-refractivity contribution in [3.8, 4) is 17.2 Å². The van der Waals surface area contributed by atoms with Gasteiger partial charge in [-0.05, 0) is 54.7 Å². The monoisotopic (exact) mass is 284 g/mol. The maximum Gasteiger partial charge on any atom is 0.231 e. The summed E-state index contributed by atoms with van der Waals surface area (Å²) >= 11 is 0. The maximum absolute atomic E-state index is 10.7. The Bertz CT molecular complexity index is 691. The molecule has 0 unspecified atom stereocenters. The van der Waals surface area contributed by atoms with Crippen molar-refractivity contribution in [2.75, 3.05) is 6.79 Å². The molecule has 108 valence electrons. The van der Waals surface area contributed by atoms with Crippen molar-refractivity contribution in [1.29, 1.82) is 0 Å². The first-order valence-electron chi connectivity index (χ1n) is 6.83. The van der Waals surface area contributed by atoms with E-state index in [1.807, 2.05) is 19.1 Å². The number of carbonyl (C=O) groups excluding carboxylic acids is 1. The average Bonchev–Trinajstić information content (AvgIpc) is 2.94. The summed E-state index contributed by atoms with van der Waals surface area (Å²) in [7, 11) is 0. The van der Waals surface area contributed by atoms with Crippen LogP contribution < -0.4 is 9.47 Å². The lowest BCUT2D eigenvalue weighted by molar-refractivity contribution is 0.112. The van der Waals surface area contributed by atoms with Crippen LogP contribution in [0, 0.1) is 6.92 Å². The fourth-order valence-electron chi connectivity index (χ4n) is 2.54. The molecule has 0 atom stereocenters. The van der Waals surface area contributed by atoms with E-state index in [-0.39, 0.29) is 12.5 Å². The number of aromatic hydroxyl groups is 1. The van der Waals surface area contributed by atoms with Crippen LogP contribution in [-0.4, -0.2) is 18.2 Å². The van der Waals surface area contributed by atoms with Crippen molar-refractivity contribution >= 4 is 6.29 Å². The van der Waals surface area contributed by atoms with E-state index in [1.165, 1.54) is 0 Å². The van der Waals surface area contributed by atoms with E-state index in [9.17, 15) is 9.90 Å². The van der Waals surface area contributed by atoms with Crippen LogP contribution in [0.3, 0.4) is 0 Å². The molecular weight excluding hydrogens is 268 g/mol. The highest BCUT2D eigenvalue weighted by molar-refractivity contribution is 5.79. The van der Waals surface area contributed by atoms with Crippen LogP contribution in [0.2, 0.25) is 0 Å². The standard InChI is InChI=1S/C17H16O4/c1-11-6-13(8-16-17(11)21-10-20-16)3-2-12-4-5-14(9-18)15(19)7-12/h4-9,19H,2-3,10H2,1H3. The molecule has 1 aliphatic rings. The van der Waals surface area contributed by atoms with Gasteiger partial charge in [-0.15, -0.1) is 0 Å². The zero-order valence-electron chi connectivity index (χ0n) is 11.8. The van der Waals surface area contributed by atoms with Gasteiger partial charge in [0.15, 0.2) is 17.8 Å². The third kappa shape index (κ3) is 2.70. The highest BCUT2D eigenvalue weighted by atomic mass is 16.7. The SMILES string of the molecule is Cc1cc(CCc2ccc(C=O)c(O)c2)cc2c1OCO2. The van der Waals surface area contributed by atoms with Gasteiger partial charge in [0.2, 0.25) is 6.79 Å². The average molecular weight is 284 g/mol. The molecule has 0 aliphatic carbocycles. The first-order chi connectivity index (χ1) is 10.2. The number of benzene rings is 2. The third-order valence-corrected chi connectivity index (χ3v) is 3.64. The van der Waals surface area contributed by atoms with Crippen molar-refractivity contribution in [3.05, 3.63) is 52.6 Å². The molecule has 0 fully saturated rings. The molecule has 0 radical (unpaired) electrons. The maximum atomic E-state index is 10.7. The van der Waals surface area contributed by atoms with Crippen molar-refractivity contribution < 1.29 is 19.4 Å². The number of carbonyl (C=O) groups is 1. The molecule has 0 aromatic heterocycles. The molecule has 1 heterocycles. The summed E-state index contributed by atoms with van der Waals surface area (Å²) in [5.74, 6) is 1.65. The second-order valence-electron chi connectivity index (χ2n) is 5.16. The Morgan fingerprint density at radius 1 is 1.14 bits per heavy atom. The van der Waals surface area contributed by atoms with E-state index in [4.69, 9.17) is 9.47 Å². The molecule has 1 aliphatic heterocycles. The van der Waals surface area contributed by atoms with Crippen LogP contribution in [0.15, 0.2) is 30.3 Å². The van der Waals surface area contributed by atoms with E-state index in [0.29, 0.717) is 11.8 Å². The Labute approximate surface area is 122 Å². The first kappa shape index (κ1) is 13.5. The van der Waals surface area contributed by atoms with Crippen LogP contribution in [0.4, 0.5) is 0 Å². The number of aldehydes is 1. The van der Waals surface area contributed by atoms with E-state index >= 15 is 0 Å². The summed E-state index contributed by atoms with van der Waals surface area (Å²) in [6, 6.07) is 9.23. The highest BCUT2D eigenvalue weighted by Crippen LogP contribution is 2.36. The lowest BCUT2D eigenvalue weighted by Crippen LogP contribution is -1.94. The van der Waals surface area contributed by atoms with E-state index in [0.717, 1.165) is 41.0 Å². The number of fused-ring (bicyclic) bond motifs is 1. The fourth-order valence-corrected chi connectivity index (χ4v) is 2.54. The Morgan fingerprint density at radius 2 is 1.95 bits per heavy atom. The molecule has 0 spiro atoms. The van der Waals surface area contributed by atoms with Crippen LogP contribution in [-0.2, 0) is 12.8 Å². The Kier molecular flexibility index (Phi) is 3.52. The van der Waals surface area contributed by atoms with Crippen LogP contribution >= 0.6 is 0 Å². The zero-order chi connectivity index (χ0) is 14.8. The molecule has 2 aromatic rings. The molecule has 0 bridgehead atoms. The topological polar surface area (TPSA) is 55.8 Å². The number of phenolic OH excluding ortho intramolecular Hbond substituents is 1. The van der Waals surface area contributed by atoms with Gasteiger partial charge >= 0.3 is 0 Å². The number of hydrogen-bond donors (Lipinski definition) is 1. The van der Waals surface area contributed by atoms with Gasteiger partial charge in [-0.3, -0.25) is 4.79 Å². The van der Waals surface area contributed by atoms with Gasteiger partial charge in [-0.25, -0.2) is 0 Å². The minimum Gasteiger partial charge on any atom is -0.507 e. The Balaban J connectivity index is 1.75. The minimum absolute atomic E-state index is 0.0318. The first-order valence-corrected chi connectivity index (χ1v) is 6.83. The summed E-state index contributed by atoms with van der Waals surface area (Å²) < 4.78 is 10.8. The van der Waals surface area contributed by atoms with Gasteiger partial charge in [-0.1, -0.05) is 12.1 Å². The predicted molar refractivity (Wildman–Crippen MR) is 78.2 cm³/mol. The number of phenols is 1. The summed E-state index contributed by atoms with van der Waals surface area (Å²) in [5.41, 5.74) is 3.54. The number of rotatable bonds is 4. The van der Waals surface area contributed by atoms with Gasteiger partial charge in [0.25, 0.3) is 0 Å². The van der Waals surface area contributed by atoms with E-state index in [1.54, 1.807) is 12.1 Å². The quantitative estimate of drug-likeness (QED) is 0.877. The lowest BCUT2D eigenvalue weighted by atomic mass is 10.0. The number of aryl methyl sites for hydroxylation is 3. The van der Waals surface area contributed by atoms with Crippen molar-refractivity contribution in [2.24, 2.45) is 0 Å². The van der Waals surface area contributed by atoms with Gasteiger partial charge < -0.3 is 14.6 Å². The van der Waals surface area contributed by atoms with Gasteiger partial charge in [0.1, 0.15) is 5.75 Å². The smallest absolute Gasteiger partial charge is 0.231 e. The third-order valence-electron chi connectivity index (χ3n) is 3.64. The van der Waals surface area contributed by atoms with Gasteiger partial charge in [-0.2, -0.15) is 0 Å². The molecule has 2 aromatic carbocycles. The van der Waals surface area contributed by atoms with Crippen molar-refractivity contribution in [3.63, 3.8) is 0 Å². The van der Waals surface area contributed by atoms with Crippen LogP contribution in [0.1, 0.15) is 27.0 Å². The molecule has 4 nitrogen and oxygen atoms in total. The normalized spacial score (nSPS) is 12.4. The van der Waals surface area contributed by atoms with Gasteiger partial charge in [0.05, 0.1) is 5.56 Å². The fraction of sp³-hybridized carbons (Fsp3) is 0.235. The molecule has 0 saturated carbocycles. The molecule has 3 rings (SSSR count). The van der Waals surface area contributed by atoms with Crippen LogP contribution in [0.25, 0.3) is 0 Å². The molecule has 4 heteroatoms. The molecule has 0 amide bonds. The van der Waals surface area contributed by atoms with E-state index in [2.05, 4.69) is 6.07 Å². The molecule has 0 saturated heterocycles. The van der Waals surface area contributed by atoms with Crippen molar-refractivity contribution in [1.82, 2.24) is 0 Å². The molecular formula is C17H16O4. The summed E-state index contributed by atoms with van der Waals surface area (Å²) in [5, 5.41) is 9.69. The Morgan fingerprint density at radius 3 is 2.71 bits per heavy atom. The lowest BCUT2D eigenvalue weighted by Gasteiger charge is -2.07. The second kappa shape index (κ2) is 5.48. The summed E-state index contributed by atoms with van der Waals surface area (Å²) in [6.07, 6.45) is 2.27. The van der Waals surface area contributed by atoms with Gasteiger partial charge in [0, 0.05) is 0 Å². The Hall–Kier alpha value is -2.49. The number of ether oxygens (including phenoxy) is 2.